The number of carbonyl (C=O) groups excluding carboxylic acids is 1. The molecular weight excluding hydrogens is 190 g/mol. The summed E-state index contributed by atoms with van der Waals surface area (Å²) in [4.78, 5) is 13.6. The monoisotopic (exact) mass is 211 g/mol. The molecular formula is C11H21N3O. The number of nitrogens with one attached hydrogen (secondary N) is 1. The van der Waals surface area contributed by atoms with Crippen LogP contribution < -0.4 is 11.1 Å². The number of nitrogens with two attached hydrogens (primary N) is 1. The van der Waals surface area contributed by atoms with Crippen LogP contribution in [0.15, 0.2) is 0 Å². The van der Waals surface area contributed by atoms with Gasteiger partial charge in [-0.1, -0.05) is 0 Å². The summed E-state index contributed by atoms with van der Waals surface area (Å²) < 4.78 is 0. The van der Waals surface area contributed by atoms with E-state index in [9.17, 15) is 4.79 Å². The average molecular weight is 211 g/mol. The number of nitrogens with zero attached hydrogens (tertiary/aromatic N) is 1. The second kappa shape index (κ2) is 4.49. The van der Waals surface area contributed by atoms with E-state index >= 15 is 0 Å². The molecule has 4 nitrogen and oxygen atoms in total. The zero-order valence-corrected chi connectivity index (χ0v) is 9.41. The van der Waals surface area contributed by atoms with Gasteiger partial charge in [0.2, 0.25) is 5.91 Å². The van der Waals surface area contributed by atoms with Crippen LogP contribution in [0.5, 0.6) is 0 Å². The molecule has 86 valence electrons. The Balaban J connectivity index is 1.58. The van der Waals surface area contributed by atoms with Crippen LogP contribution in [0.3, 0.4) is 0 Å². The van der Waals surface area contributed by atoms with E-state index in [2.05, 4.69) is 10.2 Å². The first kappa shape index (κ1) is 10.9. The number of carbonyl (C=O) groups is 1. The highest BCUT2D eigenvalue weighted by molar-refractivity contribution is 5.78. The minimum atomic E-state index is 0.170. The lowest BCUT2D eigenvalue weighted by molar-refractivity contribution is -0.122. The first-order valence-corrected chi connectivity index (χ1v) is 5.87. The minimum absolute atomic E-state index is 0.170. The summed E-state index contributed by atoms with van der Waals surface area (Å²) >= 11 is 0. The normalized spacial score (nSPS) is 30.1. The van der Waals surface area contributed by atoms with Crippen LogP contribution >= 0.6 is 0 Å². The second-order valence-corrected chi connectivity index (χ2v) is 5.14. The molecule has 0 bridgehead atoms. The van der Waals surface area contributed by atoms with Crippen molar-refractivity contribution in [3.8, 4) is 0 Å². The Labute approximate surface area is 91.2 Å². The molecule has 4 heteroatoms. The Morgan fingerprint density at radius 2 is 2.13 bits per heavy atom. The van der Waals surface area contributed by atoms with Crippen LogP contribution in [-0.2, 0) is 4.79 Å². The zero-order valence-electron chi connectivity index (χ0n) is 9.41. The number of hydrogen-bond acceptors (Lipinski definition) is 3. The third-order valence-corrected chi connectivity index (χ3v) is 3.20. The van der Waals surface area contributed by atoms with Gasteiger partial charge >= 0.3 is 0 Å². The molecule has 0 aromatic heterocycles. The molecule has 0 unspecified atom stereocenters. The third-order valence-electron chi connectivity index (χ3n) is 3.20. The second-order valence-electron chi connectivity index (χ2n) is 5.14. The fraction of sp³-hybridized carbons (Fsp3) is 0.909. The number of hydrogen-bond donors (Lipinski definition) is 2. The van der Waals surface area contributed by atoms with Crippen molar-refractivity contribution in [2.24, 2.45) is 11.7 Å². The summed E-state index contributed by atoms with van der Waals surface area (Å²) in [6.07, 6.45) is 4.56. The van der Waals surface area contributed by atoms with Gasteiger partial charge in [-0.05, 0) is 38.6 Å². The molecule has 0 aliphatic heterocycles. The molecule has 3 N–H and O–H groups in total. The molecule has 15 heavy (non-hydrogen) atoms. The van der Waals surface area contributed by atoms with Crippen LogP contribution in [0, 0.1) is 5.92 Å². The van der Waals surface area contributed by atoms with E-state index in [1.165, 1.54) is 0 Å². The van der Waals surface area contributed by atoms with Gasteiger partial charge in [-0.25, -0.2) is 0 Å². The van der Waals surface area contributed by atoms with E-state index < -0.39 is 0 Å². The number of rotatable bonds is 5. The molecule has 0 heterocycles. The molecule has 1 amide bonds. The summed E-state index contributed by atoms with van der Waals surface area (Å²) in [5.41, 5.74) is 5.72. The van der Waals surface area contributed by atoms with Crippen LogP contribution in [0.1, 0.15) is 25.7 Å². The van der Waals surface area contributed by atoms with Crippen LogP contribution in [0.2, 0.25) is 0 Å². The molecule has 0 saturated heterocycles. The standard InChI is InChI=1S/C11H21N3O/c1-14(6-8-4-9(12)5-8)7-11(15)13-10-2-3-10/h8-10H,2-7,12H2,1H3,(H,13,15). The fourth-order valence-electron chi connectivity index (χ4n) is 2.19. The predicted octanol–water partition coefficient (Wildman–Crippen LogP) is -0.0659. The van der Waals surface area contributed by atoms with E-state index in [1.807, 2.05) is 7.05 Å². The molecule has 0 atom stereocenters. The summed E-state index contributed by atoms with van der Waals surface area (Å²) in [5, 5.41) is 3.00. The lowest BCUT2D eigenvalue weighted by Crippen LogP contribution is -2.44. The van der Waals surface area contributed by atoms with Gasteiger partial charge < -0.3 is 11.1 Å². The fourth-order valence-corrected chi connectivity index (χ4v) is 2.19. The van der Waals surface area contributed by atoms with Crippen LogP contribution in [0.25, 0.3) is 0 Å². The summed E-state index contributed by atoms with van der Waals surface area (Å²) in [6, 6.07) is 0.881. The van der Waals surface area contributed by atoms with E-state index in [1.54, 1.807) is 0 Å². The van der Waals surface area contributed by atoms with Crippen LogP contribution in [0.4, 0.5) is 0 Å². The average Bonchev–Trinajstić information content (AvgIpc) is 2.84. The molecule has 0 spiro atoms. The van der Waals surface area contributed by atoms with Crippen molar-refractivity contribution < 1.29 is 4.79 Å². The lowest BCUT2D eigenvalue weighted by atomic mass is 9.81. The maximum Gasteiger partial charge on any atom is 0.234 e. The van der Waals surface area contributed by atoms with Gasteiger partial charge in [0, 0.05) is 18.6 Å². The summed E-state index contributed by atoms with van der Waals surface area (Å²) in [5.74, 6) is 0.877. The van der Waals surface area contributed by atoms with Gasteiger partial charge in [0.05, 0.1) is 6.54 Å². The Kier molecular flexibility index (Phi) is 3.26. The summed E-state index contributed by atoms with van der Waals surface area (Å²) in [7, 11) is 2.01. The quantitative estimate of drug-likeness (QED) is 0.669. The number of amides is 1. The highest BCUT2D eigenvalue weighted by Gasteiger charge is 2.28. The van der Waals surface area contributed by atoms with Gasteiger partial charge in [-0.2, -0.15) is 0 Å². The van der Waals surface area contributed by atoms with Gasteiger partial charge in [-0.3, -0.25) is 9.69 Å². The van der Waals surface area contributed by atoms with E-state index in [0.29, 0.717) is 24.5 Å². The molecule has 0 aromatic rings. The van der Waals surface area contributed by atoms with Crippen molar-refractivity contribution in [2.75, 3.05) is 20.1 Å². The largest absolute Gasteiger partial charge is 0.352 e. The van der Waals surface area contributed by atoms with Crippen LogP contribution in [-0.4, -0.2) is 43.0 Å². The van der Waals surface area contributed by atoms with Crippen molar-refractivity contribution in [3.63, 3.8) is 0 Å². The first-order valence-electron chi connectivity index (χ1n) is 5.87. The number of likely N-dealkylation sites (N-methyl/N-ethyl adjacent to an activating group) is 1. The Morgan fingerprint density at radius 3 is 2.67 bits per heavy atom. The van der Waals surface area contributed by atoms with Gasteiger partial charge in [-0.15, -0.1) is 0 Å². The van der Waals surface area contributed by atoms with Gasteiger partial charge in [0.25, 0.3) is 0 Å². The van der Waals surface area contributed by atoms with E-state index in [0.717, 1.165) is 32.2 Å². The first-order chi connectivity index (χ1) is 7.13. The van der Waals surface area contributed by atoms with Gasteiger partial charge in [0.1, 0.15) is 0 Å². The molecule has 0 radical (unpaired) electrons. The highest BCUT2D eigenvalue weighted by Crippen LogP contribution is 2.25. The highest BCUT2D eigenvalue weighted by atomic mass is 16.2. The predicted molar refractivity (Wildman–Crippen MR) is 59.4 cm³/mol. The molecule has 2 saturated carbocycles. The zero-order chi connectivity index (χ0) is 10.8. The van der Waals surface area contributed by atoms with Crippen molar-refractivity contribution in [1.29, 1.82) is 0 Å². The Hall–Kier alpha value is -0.610. The molecule has 2 rings (SSSR count). The third kappa shape index (κ3) is 3.47. The maximum absolute atomic E-state index is 11.5. The SMILES string of the molecule is CN(CC(=O)NC1CC1)CC1CC(N)C1. The Morgan fingerprint density at radius 1 is 1.47 bits per heavy atom. The molecule has 0 aromatic carbocycles. The smallest absolute Gasteiger partial charge is 0.234 e. The Bertz CT molecular complexity index is 234. The van der Waals surface area contributed by atoms with E-state index in [4.69, 9.17) is 5.73 Å². The topological polar surface area (TPSA) is 58.4 Å². The lowest BCUT2D eigenvalue weighted by Gasteiger charge is -2.35. The van der Waals surface area contributed by atoms with Crippen molar-refractivity contribution in [1.82, 2.24) is 10.2 Å². The van der Waals surface area contributed by atoms with Crippen molar-refractivity contribution in [2.45, 2.75) is 37.8 Å². The van der Waals surface area contributed by atoms with E-state index in [-0.39, 0.29) is 5.91 Å². The van der Waals surface area contributed by atoms with Crippen molar-refractivity contribution >= 4 is 5.91 Å². The molecule has 2 aliphatic carbocycles. The minimum Gasteiger partial charge on any atom is -0.352 e. The van der Waals surface area contributed by atoms with Crippen molar-refractivity contribution in [3.05, 3.63) is 0 Å². The van der Waals surface area contributed by atoms with Gasteiger partial charge in [0.15, 0.2) is 0 Å². The molecule has 2 fully saturated rings. The summed E-state index contributed by atoms with van der Waals surface area (Å²) in [6.45, 7) is 1.54. The maximum atomic E-state index is 11.5. The molecule has 2 aliphatic rings.